The van der Waals surface area contributed by atoms with E-state index in [1.807, 2.05) is 6.92 Å². The lowest BCUT2D eigenvalue weighted by atomic mass is 10.2. The number of carbonyl (C=O) groups is 1. The molecule has 0 unspecified atom stereocenters. The van der Waals surface area contributed by atoms with Gasteiger partial charge in [0.25, 0.3) is 0 Å². The van der Waals surface area contributed by atoms with Gasteiger partial charge in [0, 0.05) is 0 Å². The number of benzene rings is 1. The van der Waals surface area contributed by atoms with E-state index >= 15 is 0 Å². The number of aryl methyl sites for hydroxylation is 1. The predicted octanol–water partition coefficient (Wildman–Crippen LogP) is 2.98. The normalized spacial score (nSPS) is 11.2. The third kappa shape index (κ3) is 4.26. The van der Waals surface area contributed by atoms with Crippen molar-refractivity contribution in [1.29, 1.82) is 0 Å². The fourth-order valence-corrected chi connectivity index (χ4v) is 1.24. The molecule has 92 valence electrons. The molecule has 0 aromatic heterocycles. The third-order valence-electron chi connectivity index (χ3n) is 1.97. The van der Waals surface area contributed by atoms with Crippen molar-refractivity contribution in [2.24, 2.45) is 0 Å². The van der Waals surface area contributed by atoms with Gasteiger partial charge >= 0.3 is 5.97 Å². The largest absolute Gasteiger partial charge is 0.463 e. The Bertz CT molecular complexity index is 438. The van der Waals surface area contributed by atoms with Gasteiger partial charge in [0.05, 0.1) is 12.7 Å². The summed E-state index contributed by atoms with van der Waals surface area (Å²) in [6.07, 6.45) is 1.19. The molecule has 0 fully saturated rings. The minimum Gasteiger partial charge on any atom is -0.463 e. The van der Waals surface area contributed by atoms with Crippen LogP contribution in [0.5, 0.6) is 5.75 Å². The number of carbonyl (C=O) groups excluding carboxylic acids is 1. The van der Waals surface area contributed by atoms with Crippen molar-refractivity contribution < 1.29 is 18.7 Å². The van der Waals surface area contributed by atoms with E-state index in [9.17, 15) is 9.18 Å². The molecule has 1 aromatic carbocycles. The van der Waals surface area contributed by atoms with Crippen molar-refractivity contribution in [3.05, 3.63) is 41.4 Å². The van der Waals surface area contributed by atoms with Gasteiger partial charge < -0.3 is 9.47 Å². The first-order valence-corrected chi connectivity index (χ1v) is 5.32. The molecule has 0 aliphatic rings. The van der Waals surface area contributed by atoms with Gasteiger partial charge in [0.15, 0.2) is 11.6 Å². The van der Waals surface area contributed by atoms with Crippen LogP contribution >= 0.6 is 0 Å². The van der Waals surface area contributed by atoms with E-state index in [0.29, 0.717) is 6.61 Å². The Balaban J connectivity index is 2.77. The molecule has 0 saturated carbocycles. The number of rotatable bonds is 4. The van der Waals surface area contributed by atoms with E-state index in [0.717, 1.165) is 5.56 Å². The molecular weight excluding hydrogens is 223 g/mol. The van der Waals surface area contributed by atoms with E-state index < -0.39 is 11.8 Å². The maximum absolute atomic E-state index is 13.3. The second-order valence-electron chi connectivity index (χ2n) is 3.54. The summed E-state index contributed by atoms with van der Waals surface area (Å²) in [5, 5.41) is 0. The molecule has 0 heterocycles. The summed E-state index contributed by atoms with van der Waals surface area (Å²) >= 11 is 0. The van der Waals surface area contributed by atoms with Crippen molar-refractivity contribution in [2.75, 3.05) is 6.61 Å². The first kappa shape index (κ1) is 13.2. The molecule has 1 aromatic rings. The van der Waals surface area contributed by atoms with E-state index in [4.69, 9.17) is 9.47 Å². The van der Waals surface area contributed by atoms with Crippen LogP contribution in [0, 0.1) is 12.7 Å². The minimum absolute atomic E-state index is 0.100. The summed E-state index contributed by atoms with van der Waals surface area (Å²) in [4.78, 5) is 11.1. The van der Waals surface area contributed by atoms with Gasteiger partial charge in [-0.2, -0.15) is 0 Å². The minimum atomic E-state index is -0.502. The molecule has 0 atom stereocenters. The van der Waals surface area contributed by atoms with Crippen molar-refractivity contribution in [1.82, 2.24) is 0 Å². The van der Waals surface area contributed by atoms with Crippen molar-refractivity contribution in [3.63, 3.8) is 0 Å². The standard InChI is InChI=1S/C13H15FO3/c1-4-16-13(15)8-10(3)17-12-7-9(2)5-6-11(12)14/h5-8H,4H2,1-3H3. The molecule has 3 nitrogen and oxygen atoms in total. The fraction of sp³-hybridized carbons (Fsp3) is 0.308. The van der Waals surface area contributed by atoms with Crippen molar-refractivity contribution in [3.8, 4) is 5.75 Å². The smallest absolute Gasteiger partial charge is 0.334 e. The number of allylic oxidation sites excluding steroid dienone is 1. The van der Waals surface area contributed by atoms with E-state index in [-0.39, 0.29) is 11.5 Å². The van der Waals surface area contributed by atoms with Gasteiger partial charge in [0.1, 0.15) is 5.76 Å². The Morgan fingerprint density at radius 3 is 2.82 bits per heavy atom. The topological polar surface area (TPSA) is 35.5 Å². The Labute approximate surface area is 99.9 Å². The molecular formula is C13H15FO3. The lowest BCUT2D eigenvalue weighted by Gasteiger charge is -2.07. The molecule has 0 N–H and O–H groups in total. The fourth-order valence-electron chi connectivity index (χ4n) is 1.24. The predicted molar refractivity (Wildman–Crippen MR) is 62.2 cm³/mol. The van der Waals surface area contributed by atoms with Gasteiger partial charge in [-0.3, -0.25) is 0 Å². The Hall–Kier alpha value is -1.84. The van der Waals surface area contributed by atoms with Gasteiger partial charge in [0.2, 0.25) is 0 Å². The molecule has 0 aliphatic carbocycles. The molecule has 17 heavy (non-hydrogen) atoms. The van der Waals surface area contributed by atoms with Crippen LogP contribution in [-0.4, -0.2) is 12.6 Å². The van der Waals surface area contributed by atoms with Crippen LogP contribution < -0.4 is 4.74 Å². The van der Waals surface area contributed by atoms with Crippen LogP contribution in [0.15, 0.2) is 30.0 Å². The quantitative estimate of drug-likeness (QED) is 0.459. The molecule has 0 amide bonds. The number of hydrogen-bond acceptors (Lipinski definition) is 3. The second kappa shape index (κ2) is 6.03. The lowest BCUT2D eigenvalue weighted by molar-refractivity contribution is -0.137. The summed E-state index contributed by atoms with van der Waals surface area (Å²) in [7, 11) is 0. The number of hydrogen-bond donors (Lipinski definition) is 0. The van der Waals surface area contributed by atoms with Crippen LogP contribution in [0.1, 0.15) is 19.4 Å². The monoisotopic (exact) mass is 238 g/mol. The maximum Gasteiger partial charge on any atom is 0.334 e. The SMILES string of the molecule is CCOC(=O)C=C(C)Oc1cc(C)ccc1F. The van der Waals surface area contributed by atoms with E-state index in [1.54, 1.807) is 26.0 Å². The summed E-state index contributed by atoms with van der Waals surface area (Å²) in [6.45, 7) is 5.40. The molecule has 0 saturated heterocycles. The van der Waals surface area contributed by atoms with Crippen LogP contribution in [0.2, 0.25) is 0 Å². The van der Waals surface area contributed by atoms with Crippen LogP contribution in [0.4, 0.5) is 4.39 Å². The van der Waals surface area contributed by atoms with Crippen LogP contribution in [0.25, 0.3) is 0 Å². The van der Waals surface area contributed by atoms with Gasteiger partial charge in [-0.1, -0.05) is 6.07 Å². The molecule has 0 radical (unpaired) electrons. The number of esters is 1. The first-order chi connectivity index (χ1) is 8.02. The van der Waals surface area contributed by atoms with Crippen LogP contribution in [0.3, 0.4) is 0 Å². The molecule has 0 bridgehead atoms. The number of ether oxygens (including phenoxy) is 2. The Kier molecular flexibility index (Phi) is 4.69. The highest BCUT2D eigenvalue weighted by molar-refractivity contribution is 5.82. The van der Waals surface area contributed by atoms with Crippen molar-refractivity contribution in [2.45, 2.75) is 20.8 Å². The Morgan fingerprint density at radius 2 is 2.18 bits per heavy atom. The average molecular weight is 238 g/mol. The van der Waals surface area contributed by atoms with E-state index in [1.165, 1.54) is 12.1 Å². The van der Waals surface area contributed by atoms with Crippen LogP contribution in [-0.2, 0) is 9.53 Å². The summed E-state index contributed by atoms with van der Waals surface area (Å²) in [6, 6.07) is 4.53. The van der Waals surface area contributed by atoms with Crippen molar-refractivity contribution >= 4 is 5.97 Å². The maximum atomic E-state index is 13.3. The molecule has 1 rings (SSSR count). The van der Waals surface area contributed by atoms with Gasteiger partial charge in [-0.25, -0.2) is 9.18 Å². The second-order valence-corrected chi connectivity index (χ2v) is 3.54. The summed E-state index contributed by atoms with van der Waals surface area (Å²) < 4.78 is 23.3. The lowest BCUT2D eigenvalue weighted by Crippen LogP contribution is -2.03. The Morgan fingerprint density at radius 1 is 1.47 bits per heavy atom. The molecule has 0 spiro atoms. The van der Waals surface area contributed by atoms with Gasteiger partial charge in [-0.05, 0) is 38.5 Å². The highest BCUT2D eigenvalue weighted by Gasteiger charge is 2.06. The highest BCUT2D eigenvalue weighted by atomic mass is 19.1. The summed E-state index contributed by atoms with van der Waals surface area (Å²) in [5.74, 6) is -0.582. The third-order valence-corrected chi connectivity index (χ3v) is 1.97. The highest BCUT2D eigenvalue weighted by Crippen LogP contribution is 2.20. The average Bonchev–Trinajstić information content (AvgIpc) is 2.23. The zero-order chi connectivity index (χ0) is 12.8. The van der Waals surface area contributed by atoms with E-state index in [2.05, 4.69) is 0 Å². The molecule has 4 heteroatoms. The first-order valence-electron chi connectivity index (χ1n) is 5.32. The zero-order valence-electron chi connectivity index (χ0n) is 10.1. The number of halogens is 1. The summed E-state index contributed by atoms with van der Waals surface area (Å²) in [5.41, 5.74) is 0.880. The molecule has 0 aliphatic heterocycles. The van der Waals surface area contributed by atoms with Gasteiger partial charge in [-0.15, -0.1) is 0 Å². The zero-order valence-corrected chi connectivity index (χ0v) is 10.1.